The molecule has 3 heterocycles. The molecule has 2 aliphatic rings. The van der Waals surface area contributed by atoms with Crippen LogP contribution in [0.5, 0.6) is 0 Å². The first-order chi connectivity index (χ1) is 12.0. The molecular formula is C16H19ClN4O2S2. The van der Waals surface area contributed by atoms with Gasteiger partial charge in [0.25, 0.3) is 10.0 Å². The number of aryl methyl sites for hydroxylation is 2. The molecule has 0 bridgehead atoms. The minimum absolute atomic E-state index is 0.305. The van der Waals surface area contributed by atoms with Crippen molar-refractivity contribution in [1.29, 1.82) is 0 Å². The molecule has 0 N–H and O–H groups in total. The Morgan fingerprint density at radius 3 is 2.52 bits per heavy atom. The van der Waals surface area contributed by atoms with E-state index in [1.807, 2.05) is 0 Å². The van der Waals surface area contributed by atoms with E-state index in [1.54, 1.807) is 12.1 Å². The molecule has 1 aliphatic carbocycles. The molecule has 134 valence electrons. The summed E-state index contributed by atoms with van der Waals surface area (Å²) < 4.78 is 27.7. The molecule has 25 heavy (non-hydrogen) atoms. The van der Waals surface area contributed by atoms with Gasteiger partial charge in [-0.3, -0.25) is 0 Å². The summed E-state index contributed by atoms with van der Waals surface area (Å²) in [6, 6.07) is 5.33. The average Bonchev–Trinajstić information content (AvgIpc) is 3.09. The van der Waals surface area contributed by atoms with E-state index in [2.05, 4.69) is 21.2 Å². The smallest absolute Gasteiger partial charge is 0.252 e. The first kappa shape index (κ1) is 17.2. The Morgan fingerprint density at radius 2 is 1.80 bits per heavy atom. The molecule has 0 saturated carbocycles. The van der Waals surface area contributed by atoms with Crippen molar-refractivity contribution in [3.05, 3.63) is 33.8 Å². The van der Waals surface area contributed by atoms with E-state index in [0.29, 0.717) is 34.7 Å². The lowest BCUT2D eigenvalue weighted by Gasteiger charge is -2.34. The van der Waals surface area contributed by atoms with E-state index in [0.717, 1.165) is 35.7 Å². The molecule has 0 unspecified atom stereocenters. The summed E-state index contributed by atoms with van der Waals surface area (Å²) in [5, 5.41) is 8.73. The number of nitrogens with zero attached hydrogens (tertiary/aromatic N) is 4. The maximum absolute atomic E-state index is 12.7. The predicted octanol–water partition coefficient (Wildman–Crippen LogP) is 2.58. The van der Waals surface area contributed by atoms with E-state index >= 15 is 0 Å². The molecule has 0 spiro atoms. The second-order valence-corrected chi connectivity index (χ2v) is 10.2. The van der Waals surface area contributed by atoms with Crippen LogP contribution in [0.15, 0.2) is 22.4 Å². The number of sulfonamides is 1. The lowest BCUT2D eigenvalue weighted by atomic mass is 9.97. The Morgan fingerprint density at radius 1 is 1.04 bits per heavy atom. The van der Waals surface area contributed by atoms with Gasteiger partial charge in [0.15, 0.2) is 5.82 Å². The Kier molecular flexibility index (Phi) is 4.70. The van der Waals surface area contributed by atoms with E-state index in [4.69, 9.17) is 11.6 Å². The normalized spacial score (nSPS) is 19.0. The minimum Gasteiger partial charge on any atom is -0.352 e. The summed E-state index contributed by atoms with van der Waals surface area (Å²) in [6.07, 6.45) is 4.46. The molecule has 1 fully saturated rings. The number of thiophene rings is 1. The van der Waals surface area contributed by atoms with Gasteiger partial charge < -0.3 is 4.90 Å². The monoisotopic (exact) mass is 398 g/mol. The number of hydrogen-bond acceptors (Lipinski definition) is 6. The minimum atomic E-state index is -3.46. The van der Waals surface area contributed by atoms with Gasteiger partial charge in [-0.05, 0) is 49.4 Å². The van der Waals surface area contributed by atoms with Crippen molar-refractivity contribution >= 4 is 38.8 Å². The van der Waals surface area contributed by atoms with Crippen LogP contribution in [-0.4, -0.2) is 49.1 Å². The lowest BCUT2D eigenvalue weighted by molar-refractivity contribution is 0.384. The average molecular weight is 399 g/mol. The predicted molar refractivity (Wildman–Crippen MR) is 99.0 cm³/mol. The molecule has 1 aliphatic heterocycles. The molecule has 6 nitrogen and oxygen atoms in total. The quantitative estimate of drug-likeness (QED) is 0.794. The molecule has 4 rings (SSSR count). The maximum atomic E-state index is 12.7. The summed E-state index contributed by atoms with van der Waals surface area (Å²) >= 11 is 6.98. The fraction of sp³-hybridized carbons (Fsp3) is 0.500. The van der Waals surface area contributed by atoms with Crippen molar-refractivity contribution in [2.24, 2.45) is 0 Å². The number of anilines is 1. The van der Waals surface area contributed by atoms with Gasteiger partial charge >= 0.3 is 0 Å². The summed E-state index contributed by atoms with van der Waals surface area (Å²) in [7, 11) is -3.46. The van der Waals surface area contributed by atoms with E-state index in [9.17, 15) is 8.42 Å². The van der Waals surface area contributed by atoms with Gasteiger partial charge in [0.05, 0.1) is 10.0 Å². The van der Waals surface area contributed by atoms with Crippen LogP contribution in [-0.2, 0) is 22.9 Å². The van der Waals surface area contributed by atoms with Crippen LogP contribution in [0.2, 0.25) is 4.34 Å². The van der Waals surface area contributed by atoms with Crippen molar-refractivity contribution in [3.8, 4) is 0 Å². The standard InChI is InChI=1S/C16H19ClN4O2S2/c17-14-5-6-16(24-14)25(22,23)21-9-7-20(8-10-21)15-11-12-3-1-2-4-13(12)18-19-15/h5-6,11H,1-4,7-10H2. The Labute approximate surface area is 156 Å². The van der Waals surface area contributed by atoms with Crippen LogP contribution in [0, 0.1) is 0 Å². The van der Waals surface area contributed by atoms with Gasteiger partial charge in [-0.15, -0.1) is 16.4 Å². The molecule has 0 aromatic carbocycles. The molecule has 2 aromatic heterocycles. The van der Waals surface area contributed by atoms with Crippen LogP contribution < -0.4 is 4.90 Å². The molecule has 0 radical (unpaired) electrons. The van der Waals surface area contributed by atoms with Crippen molar-refractivity contribution in [1.82, 2.24) is 14.5 Å². The highest BCUT2D eigenvalue weighted by Gasteiger charge is 2.30. The van der Waals surface area contributed by atoms with Crippen LogP contribution >= 0.6 is 22.9 Å². The van der Waals surface area contributed by atoms with Gasteiger partial charge in [-0.25, -0.2) is 8.42 Å². The van der Waals surface area contributed by atoms with Crippen molar-refractivity contribution in [2.45, 2.75) is 29.9 Å². The zero-order valence-corrected chi connectivity index (χ0v) is 16.1. The largest absolute Gasteiger partial charge is 0.352 e. The number of hydrogen-bond donors (Lipinski definition) is 0. The van der Waals surface area contributed by atoms with Gasteiger partial charge in [0, 0.05) is 26.2 Å². The first-order valence-electron chi connectivity index (χ1n) is 8.40. The van der Waals surface area contributed by atoms with Crippen molar-refractivity contribution in [3.63, 3.8) is 0 Å². The van der Waals surface area contributed by atoms with Crippen LogP contribution in [0.3, 0.4) is 0 Å². The molecular weight excluding hydrogens is 380 g/mol. The Balaban J connectivity index is 1.46. The third-order valence-corrected chi connectivity index (χ3v) is 8.36. The van der Waals surface area contributed by atoms with E-state index in [1.165, 1.54) is 22.7 Å². The Bertz CT molecular complexity index is 876. The fourth-order valence-electron chi connectivity index (χ4n) is 3.35. The Hall–Kier alpha value is -1.22. The van der Waals surface area contributed by atoms with Crippen molar-refractivity contribution in [2.75, 3.05) is 31.1 Å². The van der Waals surface area contributed by atoms with Gasteiger partial charge in [-0.2, -0.15) is 9.40 Å². The highest BCUT2D eigenvalue weighted by atomic mass is 35.5. The lowest BCUT2D eigenvalue weighted by Crippen LogP contribution is -2.48. The molecule has 2 aromatic rings. The summed E-state index contributed by atoms with van der Waals surface area (Å²) in [5.41, 5.74) is 2.41. The third-order valence-electron chi connectivity index (χ3n) is 4.76. The second-order valence-electron chi connectivity index (χ2n) is 6.33. The van der Waals surface area contributed by atoms with E-state index < -0.39 is 10.0 Å². The maximum Gasteiger partial charge on any atom is 0.252 e. The van der Waals surface area contributed by atoms with Crippen LogP contribution in [0.4, 0.5) is 5.82 Å². The highest BCUT2D eigenvalue weighted by Crippen LogP contribution is 2.29. The van der Waals surface area contributed by atoms with Crippen molar-refractivity contribution < 1.29 is 8.42 Å². The number of piperazine rings is 1. The molecule has 0 amide bonds. The number of halogens is 1. The SMILES string of the molecule is O=S(=O)(c1ccc(Cl)s1)N1CCN(c2cc3c(nn2)CCCC3)CC1. The van der Waals surface area contributed by atoms with Gasteiger partial charge in [0.1, 0.15) is 4.21 Å². The van der Waals surface area contributed by atoms with Gasteiger partial charge in [0.2, 0.25) is 0 Å². The second kappa shape index (κ2) is 6.83. The highest BCUT2D eigenvalue weighted by molar-refractivity contribution is 7.91. The zero-order valence-electron chi connectivity index (χ0n) is 13.7. The van der Waals surface area contributed by atoms with Gasteiger partial charge in [-0.1, -0.05) is 11.6 Å². The zero-order chi connectivity index (χ0) is 17.4. The van der Waals surface area contributed by atoms with E-state index in [-0.39, 0.29) is 0 Å². The van der Waals surface area contributed by atoms with Crippen LogP contribution in [0.25, 0.3) is 0 Å². The first-order valence-corrected chi connectivity index (χ1v) is 11.0. The summed E-state index contributed by atoms with van der Waals surface area (Å²) in [4.78, 5) is 2.12. The topological polar surface area (TPSA) is 66.4 Å². The van der Waals surface area contributed by atoms with Crippen LogP contribution in [0.1, 0.15) is 24.1 Å². The molecule has 1 saturated heterocycles. The fourth-order valence-corrected chi connectivity index (χ4v) is 6.41. The molecule has 0 atom stereocenters. The number of fused-ring (bicyclic) bond motifs is 1. The third kappa shape index (κ3) is 3.40. The number of aromatic nitrogens is 2. The summed E-state index contributed by atoms with van der Waals surface area (Å²) in [6.45, 7) is 2.12. The molecule has 9 heteroatoms. The summed E-state index contributed by atoms with van der Waals surface area (Å²) in [5.74, 6) is 0.858. The number of rotatable bonds is 3.